The molecule has 1 heteroatoms. The lowest BCUT2D eigenvalue weighted by molar-refractivity contribution is 0.554. The van der Waals surface area contributed by atoms with Crippen LogP contribution in [0.2, 0.25) is 0 Å². The topological polar surface area (TPSA) is 22.3 Å². The van der Waals surface area contributed by atoms with Crippen LogP contribution in [0.3, 0.4) is 0 Å². The molecule has 7 heavy (non-hydrogen) atoms. The molecule has 0 atom stereocenters. The summed E-state index contributed by atoms with van der Waals surface area (Å²) < 4.78 is 0. The van der Waals surface area contributed by atoms with Crippen LogP contribution in [0.25, 0.3) is 0 Å². The Kier molecular flexibility index (Phi) is 1.69. The summed E-state index contributed by atoms with van der Waals surface area (Å²) in [5.41, 5.74) is 8.57. The van der Waals surface area contributed by atoms with Gasteiger partial charge in [-0.25, -0.2) is 0 Å². The van der Waals surface area contributed by atoms with E-state index in [0.29, 0.717) is 12.5 Å². The van der Waals surface area contributed by atoms with E-state index >= 15 is 0 Å². The Bertz CT molecular complexity index is 46.1. The van der Waals surface area contributed by atoms with E-state index in [-0.39, 0.29) is 0 Å². The molecule has 0 spiro atoms. The fourth-order valence-electron chi connectivity index (χ4n) is 1.19. The average molecular weight is 97.2 g/mol. The Hall–Kier alpha value is -0.0400. The summed E-state index contributed by atoms with van der Waals surface area (Å²) in [5, 5.41) is 0. The van der Waals surface area contributed by atoms with Crippen LogP contribution in [-0.4, -0.2) is 6.54 Å². The molecule has 0 N–H and O–H groups in total. The van der Waals surface area contributed by atoms with E-state index in [9.17, 15) is 0 Å². The molecule has 0 aromatic rings. The van der Waals surface area contributed by atoms with Gasteiger partial charge in [0.25, 0.3) is 0 Å². The van der Waals surface area contributed by atoms with Crippen LogP contribution in [0.5, 0.6) is 0 Å². The van der Waals surface area contributed by atoms with E-state index in [1.165, 1.54) is 25.7 Å². The lowest BCUT2D eigenvalue weighted by atomic mass is 10.1. The highest BCUT2D eigenvalue weighted by Gasteiger charge is 2.12. The van der Waals surface area contributed by atoms with Gasteiger partial charge in [0.1, 0.15) is 0 Å². The van der Waals surface area contributed by atoms with Gasteiger partial charge in [0.2, 0.25) is 0 Å². The van der Waals surface area contributed by atoms with Crippen LogP contribution in [0.15, 0.2) is 0 Å². The molecule has 0 aromatic heterocycles. The third kappa shape index (κ3) is 1.16. The van der Waals surface area contributed by atoms with Crippen molar-refractivity contribution >= 4 is 0 Å². The van der Waals surface area contributed by atoms with Crippen molar-refractivity contribution in [2.45, 2.75) is 25.7 Å². The summed E-state index contributed by atoms with van der Waals surface area (Å²) >= 11 is 0. The van der Waals surface area contributed by atoms with E-state index in [4.69, 9.17) is 5.73 Å². The van der Waals surface area contributed by atoms with Crippen molar-refractivity contribution in [3.63, 3.8) is 0 Å². The standard InChI is InChI=1S/C6H11N/c7-5-6-3-1-2-4-6/h6H,1-5H2. The Balaban J connectivity index is 2.14. The van der Waals surface area contributed by atoms with E-state index in [1.54, 1.807) is 0 Å². The van der Waals surface area contributed by atoms with Crippen molar-refractivity contribution in [1.29, 1.82) is 0 Å². The SMILES string of the molecule is [N]CC1CCCC1. The summed E-state index contributed by atoms with van der Waals surface area (Å²) in [5.74, 6) is 0.653. The highest BCUT2D eigenvalue weighted by atomic mass is 14.5. The van der Waals surface area contributed by atoms with Crippen molar-refractivity contribution in [3.05, 3.63) is 0 Å². The first kappa shape index (κ1) is 5.10. The molecular weight excluding hydrogens is 86.1 g/mol. The molecule has 1 nitrogen and oxygen atoms in total. The van der Waals surface area contributed by atoms with Gasteiger partial charge in [-0.1, -0.05) is 12.8 Å². The Labute approximate surface area is 44.9 Å². The molecule has 0 amide bonds. The summed E-state index contributed by atoms with van der Waals surface area (Å²) in [6.07, 6.45) is 5.20. The minimum Gasteiger partial charge on any atom is -0.145 e. The van der Waals surface area contributed by atoms with Gasteiger partial charge in [-0.15, -0.1) is 5.73 Å². The predicted molar refractivity (Wildman–Crippen MR) is 29.0 cm³/mol. The van der Waals surface area contributed by atoms with Gasteiger partial charge in [-0.3, -0.25) is 0 Å². The van der Waals surface area contributed by atoms with E-state index < -0.39 is 0 Å². The van der Waals surface area contributed by atoms with Gasteiger partial charge < -0.3 is 0 Å². The third-order valence-electron chi connectivity index (χ3n) is 1.73. The van der Waals surface area contributed by atoms with Gasteiger partial charge in [0, 0.05) is 6.54 Å². The maximum Gasteiger partial charge on any atom is 0.0349 e. The van der Waals surface area contributed by atoms with Crippen molar-refractivity contribution in [2.75, 3.05) is 6.54 Å². The molecule has 40 valence electrons. The van der Waals surface area contributed by atoms with Gasteiger partial charge in [0.05, 0.1) is 0 Å². The highest BCUT2D eigenvalue weighted by molar-refractivity contribution is 4.66. The molecule has 1 rings (SSSR count). The second-order valence-electron chi connectivity index (χ2n) is 2.33. The van der Waals surface area contributed by atoms with Gasteiger partial charge in [-0.05, 0) is 18.8 Å². The van der Waals surface area contributed by atoms with Crippen LogP contribution in [-0.2, 0) is 0 Å². The predicted octanol–water partition coefficient (Wildman–Crippen LogP) is 1.25. The molecule has 0 aliphatic heterocycles. The normalized spacial score (nSPS) is 23.6. The summed E-state index contributed by atoms with van der Waals surface area (Å²) in [7, 11) is 0. The lowest BCUT2D eigenvalue weighted by Gasteiger charge is -1.97. The van der Waals surface area contributed by atoms with E-state index in [2.05, 4.69) is 0 Å². The summed E-state index contributed by atoms with van der Waals surface area (Å²) in [4.78, 5) is 0. The van der Waals surface area contributed by atoms with Gasteiger partial charge in [0.15, 0.2) is 0 Å². The lowest BCUT2D eigenvalue weighted by Crippen LogP contribution is -1.99. The molecule has 0 unspecified atom stereocenters. The maximum absolute atomic E-state index is 8.57. The minimum atomic E-state index is 0.417. The molecule has 0 bridgehead atoms. The largest absolute Gasteiger partial charge is 0.145 e. The zero-order valence-electron chi connectivity index (χ0n) is 4.56. The number of hydrogen-bond donors (Lipinski definition) is 0. The van der Waals surface area contributed by atoms with E-state index in [0.717, 1.165) is 0 Å². The Morgan fingerprint density at radius 3 is 2.14 bits per heavy atom. The molecule has 1 saturated carbocycles. The quantitative estimate of drug-likeness (QED) is 0.470. The number of rotatable bonds is 1. The van der Waals surface area contributed by atoms with E-state index in [1.807, 2.05) is 0 Å². The number of hydrogen-bond acceptors (Lipinski definition) is 0. The minimum absolute atomic E-state index is 0.417. The molecule has 2 radical (unpaired) electrons. The second kappa shape index (κ2) is 2.31. The van der Waals surface area contributed by atoms with Crippen LogP contribution in [0.1, 0.15) is 25.7 Å². The van der Waals surface area contributed by atoms with Crippen LogP contribution in [0.4, 0.5) is 0 Å². The molecule has 1 fully saturated rings. The first-order valence-electron chi connectivity index (χ1n) is 3.04. The van der Waals surface area contributed by atoms with Crippen molar-refractivity contribution in [3.8, 4) is 0 Å². The maximum atomic E-state index is 8.57. The first-order valence-corrected chi connectivity index (χ1v) is 3.04. The number of nitrogens with zero attached hydrogens (tertiary/aromatic N) is 1. The Morgan fingerprint density at radius 2 is 1.86 bits per heavy atom. The Morgan fingerprint density at radius 1 is 1.29 bits per heavy atom. The monoisotopic (exact) mass is 97.1 g/mol. The zero-order valence-corrected chi connectivity index (χ0v) is 4.56. The fraction of sp³-hybridized carbons (Fsp3) is 1.00. The van der Waals surface area contributed by atoms with Crippen LogP contribution >= 0.6 is 0 Å². The molecule has 0 aromatic carbocycles. The molecule has 1 aliphatic rings. The molecule has 0 heterocycles. The smallest absolute Gasteiger partial charge is 0.0349 e. The fourth-order valence-corrected chi connectivity index (χ4v) is 1.19. The van der Waals surface area contributed by atoms with Crippen molar-refractivity contribution in [2.24, 2.45) is 5.92 Å². The van der Waals surface area contributed by atoms with Crippen molar-refractivity contribution < 1.29 is 0 Å². The second-order valence-corrected chi connectivity index (χ2v) is 2.33. The first-order chi connectivity index (χ1) is 3.43. The third-order valence-corrected chi connectivity index (χ3v) is 1.73. The van der Waals surface area contributed by atoms with Crippen molar-refractivity contribution in [1.82, 2.24) is 5.73 Å². The molecule has 1 aliphatic carbocycles. The van der Waals surface area contributed by atoms with Gasteiger partial charge in [-0.2, -0.15) is 0 Å². The summed E-state index contributed by atoms with van der Waals surface area (Å²) in [6, 6.07) is 0. The van der Waals surface area contributed by atoms with Crippen LogP contribution < -0.4 is 5.73 Å². The summed E-state index contributed by atoms with van der Waals surface area (Å²) in [6.45, 7) is 0.417. The zero-order chi connectivity index (χ0) is 5.11. The molecular formula is C6H11N. The van der Waals surface area contributed by atoms with Crippen LogP contribution in [0, 0.1) is 5.92 Å². The average Bonchev–Trinajstić information content (AvgIpc) is 2.14. The van der Waals surface area contributed by atoms with Gasteiger partial charge >= 0.3 is 0 Å². The highest BCUT2D eigenvalue weighted by Crippen LogP contribution is 2.23. The molecule has 0 saturated heterocycles.